The number of carboxylic acids is 2. The van der Waals surface area contributed by atoms with Gasteiger partial charge in [-0.05, 0) is 37.7 Å². The second-order valence-corrected chi connectivity index (χ2v) is 8.81. The van der Waals surface area contributed by atoms with Crippen LogP contribution in [0.4, 0.5) is 0 Å². The number of nitrogens with zero attached hydrogens (tertiary/aromatic N) is 1. The summed E-state index contributed by atoms with van der Waals surface area (Å²) in [6.45, 7) is 0. The van der Waals surface area contributed by atoms with Crippen LogP contribution in [0, 0.1) is 0 Å². The first-order valence-electron chi connectivity index (χ1n) is 9.33. The van der Waals surface area contributed by atoms with Crippen molar-refractivity contribution in [1.29, 1.82) is 0 Å². The molecule has 3 rings (SSSR count). The highest BCUT2D eigenvalue weighted by molar-refractivity contribution is 7.86. The van der Waals surface area contributed by atoms with Crippen molar-refractivity contribution in [3.8, 4) is 0 Å². The van der Waals surface area contributed by atoms with Crippen molar-refractivity contribution in [2.24, 2.45) is 0 Å². The van der Waals surface area contributed by atoms with E-state index in [2.05, 4.69) is 5.32 Å². The molecule has 5 atom stereocenters. The van der Waals surface area contributed by atoms with Crippen molar-refractivity contribution in [2.75, 3.05) is 5.75 Å². The molecule has 2 saturated heterocycles. The third-order valence-electron chi connectivity index (χ3n) is 5.32. The molecule has 0 aliphatic carbocycles. The fourth-order valence-electron chi connectivity index (χ4n) is 3.86. The largest absolute Gasteiger partial charge is 0.480 e. The average molecular weight is 408 g/mol. The molecule has 2 aliphatic heterocycles. The standard InChI is InChI=1S/C19H24N2O6S/c22-17-13(7-4-8-16-21(17)15(19(25)26)11-28(16)27)20-14(18(23)24)10-9-12-5-2-1-3-6-12/h1-3,5-6,13-16,20H,4,7-11H2,(H,23,24)(H,25,26)/t13-,14?,15-,16-,28-/m1/s1. The molecule has 1 aromatic rings. The topological polar surface area (TPSA) is 124 Å². The number of nitrogens with one attached hydrogen (secondary N) is 1. The van der Waals surface area contributed by atoms with Crippen LogP contribution in [-0.2, 0) is 31.6 Å². The number of aryl methyl sites for hydroxylation is 1. The number of hydrogen-bond donors (Lipinski definition) is 3. The number of carbonyl (C=O) groups excluding carboxylic acids is 1. The van der Waals surface area contributed by atoms with Crippen LogP contribution in [0.3, 0.4) is 0 Å². The molecule has 2 heterocycles. The summed E-state index contributed by atoms with van der Waals surface area (Å²) in [5.41, 5.74) is 1.00. The van der Waals surface area contributed by atoms with Crippen LogP contribution in [0.2, 0.25) is 0 Å². The summed E-state index contributed by atoms with van der Waals surface area (Å²) in [6, 6.07) is 6.64. The fraction of sp³-hybridized carbons (Fsp3) is 0.526. The van der Waals surface area contributed by atoms with Crippen molar-refractivity contribution in [2.45, 2.75) is 55.6 Å². The molecule has 0 radical (unpaired) electrons. The van der Waals surface area contributed by atoms with E-state index in [4.69, 9.17) is 0 Å². The lowest BCUT2D eigenvalue weighted by Gasteiger charge is -2.29. The van der Waals surface area contributed by atoms with Gasteiger partial charge in [-0.2, -0.15) is 0 Å². The van der Waals surface area contributed by atoms with Crippen LogP contribution in [0.25, 0.3) is 0 Å². The summed E-state index contributed by atoms with van der Waals surface area (Å²) < 4.78 is 12.3. The molecule has 1 amide bonds. The minimum absolute atomic E-state index is 0.0746. The Hall–Kier alpha value is -2.26. The fourth-order valence-corrected chi connectivity index (χ4v) is 5.63. The highest BCUT2D eigenvalue weighted by atomic mass is 32.2. The Morgan fingerprint density at radius 3 is 2.57 bits per heavy atom. The molecule has 0 saturated carbocycles. The number of carbonyl (C=O) groups is 3. The van der Waals surface area contributed by atoms with Gasteiger partial charge in [0.15, 0.2) is 0 Å². The Bertz CT molecular complexity index is 771. The van der Waals surface area contributed by atoms with Gasteiger partial charge in [-0.15, -0.1) is 0 Å². The van der Waals surface area contributed by atoms with E-state index in [1.807, 2.05) is 30.3 Å². The zero-order chi connectivity index (χ0) is 20.3. The van der Waals surface area contributed by atoms with Gasteiger partial charge in [0, 0.05) is 10.8 Å². The van der Waals surface area contributed by atoms with Crippen LogP contribution in [0.5, 0.6) is 0 Å². The Morgan fingerprint density at radius 1 is 1.21 bits per heavy atom. The van der Waals surface area contributed by atoms with Gasteiger partial charge in [0.05, 0.1) is 11.8 Å². The van der Waals surface area contributed by atoms with Crippen molar-refractivity contribution in [3.05, 3.63) is 35.9 Å². The Balaban J connectivity index is 1.72. The van der Waals surface area contributed by atoms with E-state index in [9.17, 15) is 28.8 Å². The molecule has 9 heteroatoms. The maximum atomic E-state index is 13.0. The van der Waals surface area contributed by atoms with E-state index in [1.165, 1.54) is 4.90 Å². The zero-order valence-electron chi connectivity index (χ0n) is 15.3. The van der Waals surface area contributed by atoms with Gasteiger partial charge < -0.3 is 15.1 Å². The summed E-state index contributed by atoms with van der Waals surface area (Å²) in [7, 11) is -1.41. The lowest BCUT2D eigenvalue weighted by atomic mass is 10.0. The number of fused-ring (bicyclic) bond motifs is 1. The van der Waals surface area contributed by atoms with Crippen LogP contribution in [-0.4, -0.2) is 66.4 Å². The summed E-state index contributed by atoms with van der Waals surface area (Å²) in [6.07, 6.45) is 2.28. The van der Waals surface area contributed by atoms with E-state index in [0.717, 1.165) is 5.56 Å². The molecule has 3 N–H and O–H groups in total. The van der Waals surface area contributed by atoms with Crippen LogP contribution < -0.4 is 5.32 Å². The predicted molar refractivity (Wildman–Crippen MR) is 102 cm³/mol. The van der Waals surface area contributed by atoms with Gasteiger partial charge in [-0.25, -0.2) is 4.79 Å². The Kier molecular flexibility index (Phi) is 6.46. The van der Waals surface area contributed by atoms with E-state index < -0.39 is 52.1 Å². The molecule has 0 aromatic heterocycles. The van der Waals surface area contributed by atoms with Gasteiger partial charge in [-0.3, -0.25) is 19.1 Å². The first-order chi connectivity index (χ1) is 13.4. The first kappa shape index (κ1) is 20.5. The summed E-state index contributed by atoms with van der Waals surface area (Å²) in [5.74, 6) is -2.77. The van der Waals surface area contributed by atoms with Crippen LogP contribution in [0.1, 0.15) is 31.2 Å². The van der Waals surface area contributed by atoms with Crippen LogP contribution in [0.15, 0.2) is 30.3 Å². The quantitative estimate of drug-likeness (QED) is 0.603. The van der Waals surface area contributed by atoms with E-state index >= 15 is 0 Å². The van der Waals surface area contributed by atoms with Gasteiger partial charge in [0.25, 0.3) is 0 Å². The predicted octanol–water partition coefficient (Wildman–Crippen LogP) is 0.585. The van der Waals surface area contributed by atoms with Crippen molar-refractivity contribution in [1.82, 2.24) is 10.2 Å². The summed E-state index contributed by atoms with van der Waals surface area (Å²) >= 11 is 0. The Morgan fingerprint density at radius 2 is 1.93 bits per heavy atom. The molecule has 2 fully saturated rings. The number of amides is 1. The molecule has 28 heavy (non-hydrogen) atoms. The number of benzene rings is 1. The van der Waals surface area contributed by atoms with E-state index in [0.29, 0.717) is 32.1 Å². The lowest BCUT2D eigenvalue weighted by molar-refractivity contribution is -0.150. The maximum absolute atomic E-state index is 13.0. The second kappa shape index (κ2) is 8.83. The number of rotatable bonds is 7. The molecular weight excluding hydrogens is 384 g/mol. The molecule has 0 spiro atoms. The van der Waals surface area contributed by atoms with E-state index in [-0.39, 0.29) is 5.75 Å². The highest BCUT2D eigenvalue weighted by Crippen LogP contribution is 2.29. The second-order valence-electron chi connectivity index (χ2n) is 7.17. The van der Waals surface area contributed by atoms with Crippen molar-refractivity contribution >= 4 is 28.6 Å². The maximum Gasteiger partial charge on any atom is 0.327 e. The normalized spacial score (nSPS) is 28.4. The minimum atomic E-state index is -1.41. The smallest absolute Gasteiger partial charge is 0.327 e. The number of hydrogen-bond acceptors (Lipinski definition) is 5. The number of aliphatic carboxylic acids is 2. The SMILES string of the molecule is O=C(O)C(CCc1ccccc1)N[C@@H]1CCC[C@@H]2N(C1=O)[C@@H](C(=O)O)C[S@]2=O. The van der Waals surface area contributed by atoms with Crippen molar-refractivity contribution < 1.29 is 28.8 Å². The first-order valence-corrected chi connectivity index (χ1v) is 10.7. The molecule has 0 bridgehead atoms. The Labute approximate surface area is 165 Å². The summed E-state index contributed by atoms with van der Waals surface area (Å²) in [5, 5.41) is 21.3. The molecule has 2 aliphatic rings. The number of carboxylic acid groups (broad SMARTS) is 2. The highest BCUT2D eigenvalue weighted by Gasteiger charge is 2.48. The average Bonchev–Trinajstić information content (AvgIpc) is 2.91. The lowest BCUT2D eigenvalue weighted by Crippen LogP contribution is -2.55. The van der Waals surface area contributed by atoms with Gasteiger partial charge in [0.1, 0.15) is 17.5 Å². The van der Waals surface area contributed by atoms with Crippen molar-refractivity contribution in [3.63, 3.8) is 0 Å². The van der Waals surface area contributed by atoms with Gasteiger partial charge >= 0.3 is 11.9 Å². The molecular formula is C19H24N2O6S. The monoisotopic (exact) mass is 408 g/mol. The molecule has 8 nitrogen and oxygen atoms in total. The summed E-state index contributed by atoms with van der Waals surface area (Å²) in [4.78, 5) is 37.4. The van der Waals surface area contributed by atoms with Crippen LogP contribution >= 0.6 is 0 Å². The zero-order valence-corrected chi connectivity index (χ0v) is 16.1. The molecule has 1 aromatic carbocycles. The van der Waals surface area contributed by atoms with Gasteiger partial charge in [-0.1, -0.05) is 30.3 Å². The van der Waals surface area contributed by atoms with Gasteiger partial charge in [0.2, 0.25) is 5.91 Å². The van der Waals surface area contributed by atoms with E-state index in [1.54, 1.807) is 0 Å². The minimum Gasteiger partial charge on any atom is -0.480 e. The molecule has 152 valence electrons. The molecule has 1 unspecified atom stereocenters. The third-order valence-corrected chi connectivity index (χ3v) is 7.03. The third kappa shape index (κ3) is 4.41.